The van der Waals surface area contributed by atoms with Crippen LogP contribution in [0.25, 0.3) is 0 Å². The van der Waals surface area contributed by atoms with Gasteiger partial charge in [0.1, 0.15) is 0 Å². The largest absolute Gasteiger partial charge is 0.384 e. The van der Waals surface area contributed by atoms with Crippen molar-refractivity contribution < 1.29 is 4.74 Å². The zero-order chi connectivity index (χ0) is 7.61. The van der Waals surface area contributed by atoms with E-state index in [9.17, 15) is 0 Å². The molecule has 0 spiro atoms. The predicted molar refractivity (Wildman–Crippen MR) is 41.8 cm³/mol. The summed E-state index contributed by atoms with van der Waals surface area (Å²) in [6.07, 6.45) is 3.52. The Labute approximate surface area is 62.7 Å². The molecule has 2 heteroatoms. The van der Waals surface area contributed by atoms with Crippen LogP contribution in [0.3, 0.4) is 0 Å². The minimum atomic E-state index is 0.369. The molecular formula is C8H17NO. The van der Waals surface area contributed by atoms with Crippen molar-refractivity contribution in [1.29, 1.82) is 0 Å². The van der Waals surface area contributed by atoms with Crippen molar-refractivity contribution >= 4 is 0 Å². The Bertz CT molecular complexity index is 112. The molecule has 60 valence electrons. The average molecular weight is 143 g/mol. The lowest BCUT2D eigenvalue weighted by Crippen LogP contribution is -2.22. The molecule has 2 N–H and O–H groups in total. The standard InChI is InChI=1S/C8H17NO/c1-8(6-10-2)4-3-7(9)5-8/h7H,3-6,9H2,1-2H3. The first-order valence-electron chi connectivity index (χ1n) is 3.91. The van der Waals surface area contributed by atoms with Gasteiger partial charge < -0.3 is 10.5 Å². The van der Waals surface area contributed by atoms with Gasteiger partial charge in [-0.25, -0.2) is 0 Å². The lowest BCUT2D eigenvalue weighted by molar-refractivity contribution is 0.0957. The topological polar surface area (TPSA) is 35.2 Å². The number of hydrogen-bond acceptors (Lipinski definition) is 2. The Morgan fingerprint density at radius 3 is 2.80 bits per heavy atom. The molecule has 0 aromatic rings. The molecule has 1 fully saturated rings. The van der Waals surface area contributed by atoms with E-state index in [0.717, 1.165) is 13.0 Å². The van der Waals surface area contributed by atoms with Crippen LogP contribution in [0.1, 0.15) is 26.2 Å². The molecule has 0 aromatic carbocycles. The molecular weight excluding hydrogens is 126 g/mol. The van der Waals surface area contributed by atoms with E-state index in [2.05, 4.69) is 6.92 Å². The van der Waals surface area contributed by atoms with Crippen LogP contribution in [-0.2, 0) is 4.74 Å². The SMILES string of the molecule is COCC1(C)CCC(N)C1. The van der Waals surface area contributed by atoms with Crippen molar-refractivity contribution in [1.82, 2.24) is 0 Å². The van der Waals surface area contributed by atoms with Crippen molar-refractivity contribution in [2.45, 2.75) is 32.2 Å². The Morgan fingerprint density at radius 1 is 1.70 bits per heavy atom. The summed E-state index contributed by atoms with van der Waals surface area (Å²) in [5, 5.41) is 0. The van der Waals surface area contributed by atoms with Crippen LogP contribution >= 0.6 is 0 Å². The van der Waals surface area contributed by atoms with Gasteiger partial charge in [-0.1, -0.05) is 6.92 Å². The second kappa shape index (κ2) is 2.89. The molecule has 0 saturated heterocycles. The fourth-order valence-electron chi connectivity index (χ4n) is 1.85. The van der Waals surface area contributed by atoms with Gasteiger partial charge in [0.05, 0.1) is 6.61 Å². The molecule has 2 unspecified atom stereocenters. The third-order valence-corrected chi connectivity index (χ3v) is 2.37. The lowest BCUT2D eigenvalue weighted by atomic mass is 9.90. The first-order chi connectivity index (χ1) is 4.66. The Kier molecular flexibility index (Phi) is 2.32. The van der Waals surface area contributed by atoms with Gasteiger partial charge >= 0.3 is 0 Å². The molecule has 0 aliphatic heterocycles. The number of methoxy groups -OCH3 is 1. The average Bonchev–Trinajstić information content (AvgIpc) is 2.12. The number of nitrogens with two attached hydrogens (primary N) is 1. The van der Waals surface area contributed by atoms with E-state index in [-0.39, 0.29) is 0 Å². The minimum Gasteiger partial charge on any atom is -0.384 e. The summed E-state index contributed by atoms with van der Waals surface area (Å²) in [6.45, 7) is 3.12. The lowest BCUT2D eigenvalue weighted by Gasteiger charge is -2.21. The van der Waals surface area contributed by atoms with Crippen LogP contribution in [-0.4, -0.2) is 19.8 Å². The molecule has 0 aromatic heterocycles. The third-order valence-electron chi connectivity index (χ3n) is 2.37. The highest BCUT2D eigenvalue weighted by Gasteiger charge is 2.32. The molecule has 10 heavy (non-hydrogen) atoms. The van der Waals surface area contributed by atoms with Gasteiger partial charge in [0.25, 0.3) is 0 Å². The van der Waals surface area contributed by atoms with Gasteiger partial charge in [0, 0.05) is 13.2 Å². The van der Waals surface area contributed by atoms with Crippen molar-refractivity contribution in [2.75, 3.05) is 13.7 Å². The third kappa shape index (κ3) is 1.70. The molecule has 1 saturated carbocycles. The van der Waals surface area contributed by atoms with Crippen LogP contribution in [0.5, 0.6) is 0 Å². The molecule has 1 aliphatic carbocycles. The van der Waals surface area contributed by atoms with Crippen molar-refractivity contribution in [2.24, 2.45) is 11.1 Å². The van der Waals surface area contributed by atoms with Crippen molar-refractivity contribution in [3.8, 4) is 0 Å². The molecule has 1 aliphatic rings. The molecule has 0 amide bonds. The zero-order valence-electron chi connectivity index (χ0n) is 6.89. The van der Waals surface area contributed by atoms with Crippen LogP contribution in [0.15, 0.2) is 0 Å². The van der Waals surface area contributed by atoms with E-state index in [0.29, 0.717) is 11.5 Å². The summed E-state index contributed by atoms with van der Waals surface area (Å²) in [5.41, 5.74) is 6.15. The molecule has 0 bridgehead atoms. The highest BCUT2D eigenvalue weighted by molar-refractivity contribution is 4.87. The summed E-state index contributed by atoms with van der Waals surface area (Å²) in [7, 11) is 1.76. The van der Waals surface area contributed by atoms with Gasteiger partial charge in [0.15, 0.2) is 0 Å². The van der Waals surface area contributed by atoms with Crippen molar-refractivity contribution in [3.05, 3.63) is 0 Å². The van der Waals surface area contributed by atoms with Crippen LogP contribution in [0.2, 0.25) is 0 Å². The van der Waals surface area contributed by atoms with Gasteiger partial charge in [-0.2, -0.15) is 0 Å². The smallest absolute Gasteiger partial charge is 0.0516 e. The van der Waals surface area contributed by atoms with Gasteiger partial charge in [0.2, 0.25) is 0 Å². The van der Waals surface area contributed by atoms with E-state index in [4.69, 9.17) is 10.5 Å². The number of hydrogen-bond donors (Lipinski definition) is 1. The van der Waals surface area contributed by atoms with E-state index in [1.165, 1.54) is 12.8 Å². The van der Waals surface area contributed by atoms with Gasteiger partial charge in [-0.05, 0) is 24.7 Å². The molecule has 2 nitrogen and oxygen atoms in total. The van der Waals surface area contributed by atoms with E-state index in [1.807, 2.05) is 0 Å². The number of rotatable bonds is 2. The second-order valence-corrected chi connectivity index (χ2v) is 3.75. The maximum Gasteiger partial charge on any atom is 0.0516 e. The summed E-state index contributed by atoms with van der Waals surface area (Å²) in [4.78, 5) is 0. The molecule has 0 heterocycles. The summed E-state index contributed by atoms with van der Waals surface area (Å²) < 4.78 is 5.12. The van der Waals surface area contributed by atoms with Crippen LogP contribution in [0, 0.1) is 5.41 Å². The summed E-state index contributed by atoms with van der Waals surface area (Å²) in [5.74, 6) is 0. The van der Waals surface area contributed by atoms with Crippen molar-refractivity contribution in [3.63, 3.8) is 0 Å². The first-order valence-corrected chi connectivity index (χ1v) is 3.91. The Balaban J connectivity index is 2.38. The maximum atomic E-state index is 5.79. The molecule has 1 rings (SSSR count). The normalized spacial score (nSPS) is 40.5. The Hall–Kier alpha value is -0.0800. The highest BCUT2D eigenvalue weighted by atomic mass is 16.5. The first kappa shape index (κ1) is 8.02. The second-order valence-electron chi connectivity index (χ2n) is 3.75. The van der Waals surface area contributed by atoms with Crippen LogP contribution < -0.4 is 5.73 Å². The van der Waals surface area contributed by atoms with E-state index < -0.39 is 0 Å². The Morgan fingerprint density at radius 2 is 2.40 bits per heavy atom. The monoisotopic (exact) mass is 143 g/mol. The van der Waals surface area contributed by atoms with Gasteiger partial charge in [-0.3, -0.25) is 0 Å². The van der Waals surface area contributed by atoms with E-state index >= 15 is 0 Å². The fourth-order valence-corrected chi connectivity index (χ4v) is 1.85. The molecule has 0 radical (unpaired) electrons. The molecule has 2 atom stereocenters. The number of ether oxygens (including phenoxy) is 1. The highest BCUT2D eigenvalue weighted by Crippen LogP contribution is 2.36. The predicted octanol–water partition coefficient (Wildman–Crippen LogP) is 1.15. The zero-order valence-corrected chi connectivity index (χ0v) is 6.89. The quantitative estimate of drug-likeness (QED) is 0.629. The summed E-state index contributed by atoms with van der Waals surface area (Å²) >= 11 is 0. The summed E-state index contributed by atoms with van der Waals surface area (Å²) in [6, 6.07) is 0.417. The van der Waals surface area contributed by atoms with Gasteiger partial charge in [-0.15, -0.1) is 0 Å². The maximum absolute atomic E-state index is 5.79. The van der Waals surface area contributed by atoms with E-state index in [1.54, 1.807) is 7.11 Å². The minimum absolute atomic E-state index is 0.369. The fraction of sp³-hybridized carbons (Fsp3) is 1.00. The van der Waals surface area contributed by atoms with Crippen LogP contribution in [0.4, 0.5) is 0 Å².